The molecule has 1 aromatic rings. The number of aliphatic carboxylic acids is 1. The van der Waals surface area contributed by atoms with Gasteiger partial charge in [0.25, 0.3) is 0 Å². The zero-order chi connectivity index (χ0) is 11.6. The molecule has 0 aliphatic heterocycles. The molecule has 1 rings (SSSR count). The van der Waals surface area contributed by atoms with Crippen LogP contribution in [0.2, 0.25) is 0 Å². The van der Waals surface area contributed by atoms with Crippen LogP contribution in [-0.2, 0) is 11.2 Å². The highest BCUT2D eigenvalue weighted by Gasteiger charge is 2.30. The predicted molar refractivity (Wildman–Crippen MR) is 57.9 cm³/mol. The second-order valence-electron chi connectivity index (χ2n) is 4.13. The van der Waals surface area contributed by atoms with Gasteiger partial charge in [-0.05, 0) is 37.5 Å². The number of carboxylic acid groups (broad SMARTS) is 1. The second kappa shape index (κ2) is 4.03. The molecule has 0 heterocycles. The third-order valence-corrected chi connectivity index (χ3v) is 2.63. The molecule has 0 saturated heterocycles. The zero-order valence-electron chi connectivity index (χ0n) is 9.24. The van der Waals surface area contributed by atoms with Gasteiger partial charge in [-0.1, -0.05) is 18.2 Å². The Morgan fingerprint density at radius 1 is 1.33 bits per heavy atom. The second-order valence-corrected chi connectivity index (χ2v) is 4.13. The van der Waals surface area contributed by atoms with Crippen LogP contribution in [0.25, 0.3) is 0 Å². The van der Waals surface area contributed by atoms with Crippen LogP contribution in [0.3, 0.4) is 0 Å². The molecule has 82 valence electrons. The van der Waals surface area contributed by atoms with E-state index in [1.807, 2.05) is 32.0 Å². The van der Waals surface area contributed by atoms with Crippen molar-refractivity contribution >= 4 is 5.97 Å². The molecule has 1 atom stereocenters. The van der Waals surface area contributed by atoms with E-state index in [4.69, 9.17) is 5.11 Å². The van der Waals surface area contributed by atoms with E-state index >= 15 is 0 Å². The van der Waals surface area contributed by atoms with Crippen LogP contribution in [0.15, 0.2) is 18.2 Å². The van der Waals surface area contributed by atoms with Gasteiger partial charge in [0, 0.05) is 6.42 Å². The standard InChI is InChI=1S/C12H16O3/c1-8-5-4-6-9(2)10(8)7-12(3,15)11(13)14/h4-6,15H,7H2,1-3H3,(H,13,14). The smallest absolute Gasteiger partial charge is 0.335 e. The monoisotopic (exact) mass is 208 g/mol. The van der Waals surface area contributed by atoms with E-state index in [1.54, 1.807) is 0 Å². The normalized spacial score (nSPS) is 14.7. The first-order valence-electron chi connectivity index (χ1n) is 4.85. The fourth-order valence-electron chi connectivity index (χ4n) is 1.55. The number of benzene rings is 1. The van der Waals surface area contributed by atoms with E-state index in [2.05, 4.69) is 0 Å². The average Bonchev–Trinajstić information content (AvgIpc) is 2.11. The third kappa shape index (κ3) is 2.57. The van der Waals surface area contributed by atoms with Crippen LogP contribution < -0.4 is 0 Å². The first kappa shape index (κ1) is 11.7. The molecule has 0 fully saturated rings. The lowest BCUT2D eigenvalue weighted by atomic mass is 9.91. The van der Waals surface area contributed by atoms with Gasteiger partial charge < -0.3 is 10.2 Å². The molecular formula is C12H16O3. The van der Waals surface area contributed by atoms with Crippen molar-refractivity contribution in [3.8, 4) is 0 Å². The molecule has 15 heavy (non-hydrogen) atoms. The fourth-order valence-corrected chi connectivity index (χ4v) is 1.55. The maximum absolute atomic E-state index is 10.8. The van der Waals surface area contributed by atoms with Gasteiger partial charge in [0.05, 0.1) is 0 Å². The van der Waals surface area contributed by atoms with Gasteiger partial charge in [0.1, 0.15) is 0 Å². The van der Waals surface area contributed by atoms with E-state index in [1.165, 1.54) is 6.92 Å². The first-order valence-corrected chi connectivity index (χ1v) is 4.85. The van der Waals surface area contributed by atoms with Gasteiger partial charge in [-0.2, -0.15) is 0 Å². The Bertz CT molecular complexity index is 360. The highest BCUT2D eigenvalue weighted by atomic mass is 16.4. The molecule has 3 nitrogen and oxygen atoms in total. The average molecular weight is 208 g/mol. The quantitative estimate of drug-likeness (QED) is 0.794. The van der Waals surface area contributed by atoms with Gasteiger partial charge in [-0.25, -0.2) is 4.79 Å². The summed E-state index contributed by atoms with van der Waals surface area (Å²) in [7, 11) is 0. The van der Waals surface area contributed by atoms with Crippen LogP contribution in [-0.4, -0.2) is 21.8 Å². The molecule has 0 bridgehead atoms. The SMILES string of the molecule is Cc1cccc(C)c1CC(C)(O)C(=O)O. The Hall–Kier alpha value is -1.35. The van der Waals surface area contributed by atoms with Gasteiger partial charge in [-0.15, -0.1) is 0 Å². The number of aliphatic hydroxyl groups is 1. The van der Waals surface area contributed by atoms with Crippen LogP contribution in [0.5, 0.6) is 0 Å². The van der Waals surface area contributed by atoms with Crippen LogP contribution in [0.4, 0.5) is 0 Å². The van der Waals surface area contributed by atoms with Gasteiger partial charge in [0.15, 0.2) is 5.60 Å². The number of hydrogen-bond acceptors (Lipinski definition) is 2. The fraction of sp³-hybridized carbons (Fsp3) is 0.417. The van der Waals surface area contributed by atoms with Gasteiger partial charge in [-0.3, -0.25) is 0 Å². The summed E-state index contributed by atoms with van der Waals surface area (Å²) in [4.78, 5) is 10.8. The van der Waals surface area contributed by atoms with Crippen LogP contribution in [0, 0.1) is 13.8 Å². The molecule has 3 heteroatoms. The molecule has 0 saturated carbocycles. The van der Waals surface area contributed by atoms with E-state index in [0.29, 0.717) is 0 Å². The summed E-state index contributed by atoms with van der Waals surface area (Å²) in [5.41, 5.74) is 1.23. The number of carbonyl (C=O) groups is 1. The molecule has 0 aliphatic carbocycles. The minimum absolute atomic E-state index is 0.140. The number of aryl methyl sites for hydroxylation is 2. The molecule has 1 unspecified atom stereocenters. The van der Waals surface area contributed by atoms with Crippen molar-refractivity contribution in [2.24, 2.45) is 0 Å². The van der Waals surface area contributed by atoms with Crippen molar-refractivity contribution in [1.82, 2.24) is 0 Å². The van der Waals surface area contributed by atoms with Crippen molar-refractivity contribution in [3.63, 3.8) is 0 Å². The Labute approximate surface area is 89.4 Å². The van der Waals surface area contributed by atoms with Crippen LogP contribution in [0.1, 0.15) is 23.6 Å². The molecule has 0 amide bonds. The molecule has 0 spiro atoms. The Morgan fingerprint density at radius 3 is 2.20 bits per heavy atom. The lowest BCUT2D eigenvalue weighted by Crippen LogP contribution is -2.37. The summed E-state index contributed by atoms with van der Waals surface area (Å²) in [6.07, 6.45) is 0.140. The summed E-state index contributed by atoms with van der Waals surface area (Å²) >= 11 is 0. The Kier molecular flexibility index (Phi) is 3.15. The summed E-state index contributed by atoms with van der Waals surface area (Å²) in [6, 6.07) is 5.75. The summed E-state index contributed by atoms with van der Waals surface area (Å²) in [5, 5.41) is 18.5. The van der Waals surface area contributed by atoms with Crippen molar-refractivity contribution in [1.29, 1.82) is 0 Å². The molecule has 0 radical (unpaired) electrons. The highest BCUT2D eigenvalue weighted by molar-refractivity contribution is 5.77. The summed E-state index contributed by atoms with van der Waals surface area (Å²) in [6.45, 7) is 5.15. The summed E-state index contributed by atoms with van der Waals surface area (Å²) in [5.74, 6) is -1.19. The number of rotatable bonds is 3. The number of hydrogen-bond donors (Lipinski definition) is 2. The van der Waals surface area contributed by atoms with E-state index in [9.17, 15) is 9.90 Å². The van der Waals surface area contributed by atoms with E-state index in [-0.39, 0.29) is 6.42 Å². The number of carboxylic acids is 1. The minimum atomic E-state index is -1.70. The van der Waals surface area contributed by atoms with Crippen molar-refractivity contribution in [2.75, 3.05) is 0 Å². The third-order valence-electron chi connectivity index (χ3n) is 2.63. The molecule has 1 aromatic carbocycles. The van der Waals surface area contributed by atoms with Crippen molar-refractivity contribution in [2.45, 2.75) is 32.8 Å². The van der Waals surface area contributed by atoms with Crippen molar-refractivity contribution < 1.29 is 15.0 Å². The lowest BCUT2D eigenvalue weighted by molar-refractivity contribution is -0.156. The largest absolute Gasteiger partial charge is 0.479 e. The summed E-state index contributed by atoms with van der Waals surface area (Å²) < 4.78 is 0. The molecule has 2 N–H and O–H groups in total. The van der Waals surface area contributed by atoms with E-state index < -0.39 is 11.6 Å². The van der Waals surface area contributed by atoms with Crippen LogP contribution >= 0.6 is 0 Å². The van der Waals surface area contributed by atoms with Crippen molar-refractivity contribution in [3.05, 3.63) is 34.9 Å². The van der Waals surface area contributed by atoms with Gasteiger partial charge in [0.2, 0.25) is 0 Å². The molecule has 0 aromatic heterocycles. The first-order chi connectivity index (χ1) is 6.84. The molecule has 0 aliphatic rings. The maximum Gasteiger partial charge on any atom is 0.335 e. The maximum atomic E-state index is 10.8. The minimum Gasteiger partial charge on any atom is -0.479 e. The topological polar surface area (TPSA) is 57.5 Å². The zero-order valence-corrected chi connectivity index (χ0v) is 9.24. The van der Waals surface area contributed by atoms with E-state index in [0.717, 1.165) is 16.7 Å². The van der Waals surface area contributed by atoms with Gasteiger partial charge >= 0.3 is 5.97 Å². The molecular weight excluding hydrogens is 192 g/mol. The predicted octanol–water partition coefficient (Wildman–Crippen LogP) is 1.68. The Morgan fingerprint density at radius 2 is 1.80 bits per heavy atom. The Balaban J connectivity index is 3.04. The lowest BCUT2D eigenvalue weighted by Gasteiger charge is -2.20. The highest BCUT2D eigenvalue weighted by Crippen LogP contribution is 2.20.